The largest absolute Gasteiger partial charge is 0.431 e. The van der Waals surface area contributed by atoms with Crippen molar-refractivity contribution in [2.75, 3.05) is 5.33 Å². The Morgan fingerprint density at radius 2 is 0.673 bits per heavy atom. The van der Waals surface area contributed by atoms with Crippen molar-refractivity contribution in [3.05, 3.63) is 12.7 Å². The summed E-state index contributed by atoms with van der Waals surface area (Å²) in [5, 5.41) is -0.0889. The third kappa shape index (κ3) is 15.9. The Morgan fingerprint density at radius 3 is 0.865 bits per heavy atom. The molecule has 0 aromatic rings. The Labute approximate surface area is 294 Å². The number of halogens is 28. The lowest BCUT2D eigenvalue weighted by Crippen LogP contribution is -2.55. The summed E-state index contributed by atoms with van der Waals surface area (Å²) in [6, 6.07) is 0. The molecule has 0 nitrogen and oxygen atoms in total. The number of hydrogen-bond donors (Lipinski definition) is 0. The molecule has 0 amide bonds. The van der Waals surface area contributed by atoms with Crippen LogP contribution in [0.25, 0.3) is 0 Å². The van der Waals surface area contributed by atoms with Crippen molar-refractivity contribution in [3.63, 3.8) is 0 Å². The van der Waals surface area contributed by atoms with Crippen LogP contribution in [0, 0.1) is 23.7 Å². The fourth-order valence-corrected chi connectivity index (χ4v) is 4.44. The fraction of sp³-hybridized carbons (Fsp3) is 0.917. The maximum atomic E-state index is 13.5. The van der Waals surface area contributed by atoms with Crippen LogP contribution in [0.5, 0.6) is 0 Å². The second-order valence-electron chi connectivity index (χ2n) is 10.8. The summed E-state index contributed by atoms with van der Waals surface area (Å²) in [7, 11) is 0. The van der Waals surface area contributed by atoms with Crippen LogP contribution in [-0.2, 0) is 0 Å². The van der Waals surface area contributed by atoms with Gasteiger partial charge in [0.05, 0.1) is 23.7 Å². The minimum atomic E-state index is -6.79. The normalized spacial score (nSPS) is 17.0. The fourth-order valence-electron chi connectivity index (χ4n) is 4.12. The summed E-state index contributed by atoms with van der Waals surface area (Å²) >= 11 is 2.70. The molecule has 0 bridgehead atoms. The van der Waals surface area contributed by atoms with Gasteiger partial charge in [0.25, 0.3) is 11.3 Å². The summed E-state index contributed by atoms with van der Waals surface area (Å²) in [6.07, 6.45) is -62.4. The summed E-state index contributed by atoms with van der Waals surface area (Å²) in [5.41, 5.74) is -12.6. The molecule has 4 atom stereocenters. The lowest BCUT2D eigenvalue weighted by atomic mass is 9.82. The van der Waals surface area contributed by atoms with E-state index in [0.717, 1.165) is 0 Å². The third-order valence-corrected chi connectivity index (χ3v) is 7.54. The van der Waals surface area contributed by atoms with Crippen LogP contribution >= 0.6 is 32.9 Å². The molecule has 0 radical (unpaired) electrons. The Kier molecular flexibility index (Phi) is 19.8. The van der Waals surface area contributed by atoms with E-state index < -0.39 is 123 Å². The third-order valence-electron chi connectivity index (χ3n) is 6.98. The summed E-state index contributed by atoms with van der Waals surface area (Å²) < 4.78 is 329. The van der Waals surface area contributed by atoms with Crippen molar-refractivity contribution in [1.82, 2.24) is 0 Å². The van der Waals surface area contributed by atoms with Crippen LogP contribution in [0.15, 0.2) is 12.7 Å². The van der Waals surface area contributed by atoms with E-state index in [1.165, 1.54) is 0 Å². The quantitative estimate of drug-likeness (QED) is 0.0980. The predicted octanol–water partition coefficient (Wildman–Crippen LogP) is 14.2. The molecule has 52 heavy (non-hydrogen) atoms. The minimum Gasteiger partial charge on any atom is -0.224 e. The van der Waals surface area contributed by atoms with E-state index in [4.69, 9.17) is 0 Å². The molecule has 0 N–H and O–H groups in total. The predicted molar refractivity (Wildman–Crippen MR) is 137 cm³/mol. The molecule has 0 saturated carbocycles. The van der Waals surface area contributed by atoms with E-state index in [0.29, 0.717) is 6.08 Å². The van der Waals surface area contributed by atoms with Gasteiger partial charge in [-0.25, -0.2) is 8.78 Å². The number of alkyl halides is 27. The first-order chi connectivity index (χ1) is 22.0. The average molecular weight is 966 g/mol. The smallest absolute Gasteiger partial charge is 0.224 e. The highest BCUT2D eigenvalue weighted by Crippen LogP contribution is 2.55. The van der Waals surface area contributed by atoms with Gasteiger partial charge in [0.1, 0.15) is 0 Å². The van der Waals surface area contributed by atoms with Crippen molar-refractivity contribution < 1.29 is 114 Å². The molecule has 0 aliphatic rings. The van der Waals surface area contributed by atoms with E-state index in [1.54, 1.807) is 0 Å². The highest BCUT2D eigenvalue weighted by atomic mass is 79.9. The maximum absolute atomic E-state index is 13.5. The Morgan fingerprint density at radius 1 is 0.423 bits per heavy atom. The van der Waals surface area contributed by atoms with Gasteiger partial charge in [-0.3, -0.25) is 0 Å². The van der Waals surface area contributed by atoms with Gasteiger partial charge in [-0.15, -0.1) is 23.6 Å². The van der Waals surface area contributed by atoms with Gasteiger partial charge in [0.15, 0.2) is 0 Å². The average Bonchev–Trinajstić information content (AvgIpc) is 2.84. The van der Waals surface area contributed by atoms with Crippen LogP contribution in [0.1, 0.15) is 44.9 Å². The van der Waals surface area contributed by atoms with Crippen LogP contribution in [0.3, 0.4) is 0 Å². The first kappa shape index (κ1) is 55.2. The van der Waals surface area contributed by atoms with Crippen molar-refractivity contribution in [3.8, 4) is 0 Å². The zero-order valence-corrected chi connectivity index (χ0v) is 28.2. The molecular formula is C24H24Br2F26. The van der Waals surface area contributed by atoms with E-state index >= 15 is 0 Å². The van der Waals surface area contributed by atoms with Gasteiger partial charge in [-0.2, -0.15) is 105 Å². The van der Waals surface area contributed by atoms with Crippen LogP contribution in [0.4, 0.5) is 114 Å². The zero-order valence-electron chi connectivity index (χ0n) is 24.9. The Bertz CT molecular complexity index is 1010. The van der Waals surface area contributed by atoms with Crippen LogP contribution in [-0.4, -0.2) is 66.1 Å². The first-order valence-corrected chi connectivity index (χ1v) is 14.2. The Hall–Kier alpha value is -1.12. The Balaban J connectivity index is -0.000000907. The monoisotopic (exact) mass is 964 g/mol. The minimum absolute atomic E-state index is 0. The molecule has 0 aliphatic carbocycles. The molecular weight excluding hydrogens is 942 g/mol. The van der Waals surface area contributed by atoms with Crippen LogP contribution < -0.4 is 0 Å². The van der Waals surface area contributed by atoms with E-state index in [-0.39, 0.29) is 28.7 Å². The summed E-state index contributed by atoms with van der Waals surface area (Å²) in [5.74, 6) is -13.4. The van der Waals surface area contributed by atoms with Crippen molar-refractivity contribution in [2.24, 2.45) is 23.7 Å². The second-order valence-corrected chi connectivity index (χ2v) is 11.6. The van der Waals surface area contributed by atoms with Crippen molar-refractivity contribution in [2.45, 2.75) is 106 Å². The molecule has 0 heterocycles. The maximum Gasteiger partial charge on any atom is 0.431 e. The molecule has 0 spiro atoms. The van der Waals surface area contributed by atoms with Gasteiger partial charge in [0.2, 0.25) is 0 Å². The van der Waals surface area contributed by atoms with Gasteiger partial charge in [-0.1, -0.05) is 22.0 Å². The molecule has 0 fully saturated rings. The highest BCUT2D eigenvalue weighted by Gasteiger charge is 2.75. The van der Waals surface area contributed by atoms with Gasteiger partial charge < -0.3 is 0 Å². The number of allylic oxidation sites excluding steroid dienone is 1. The first-order valence-electron chi connectivity index (χ1n) is 13.1. The van der Waals surface area contributed by atoms with Gasteiger partial charge in [-0.05, 0) is 32.1 Å². The van der Waals surface area contributed by atoms with E-state index in [2.05, 4.69) is 22.5 Å². The lowest BCUT2D eigenvalue weighted by molar-refractivity contribution is -0.354. The van der Waals surface area contributed by atoms with E-state index in [1.807, 2.05) is 0 Å². The number of rotatable bonds is 13. The SMILES string of the molecule is Br.C=CCC(CC(CC(F)(C(F)(F)F)C(F)(F)F)C(F)(F)F)C(F)(F)F.FC(F)(F)C(CCCBr)CC(CC(F)(C(F)(F)F)C(F)(F)F)C(F)(F)F. The number of hydrogen-bond acceptors (Lipinski definition) is 0. The molecule has 0 rings (SSSR count). The molecule has 4 unspecified atom stereocenters. The molecule has 28 heteroatoms. The van der Waals surface area contributed by atoms with Crippen molar-refractivity contribution in [1.29, 1.82) is 0 Å². The summed E-state index contributed by atoms with van der Waals surface area (Å²) in [4.78, 5) is 0. The highest BCUT2D eigenvalue weighted by molar-refractivity contribution is 9.09. The second kappa shape index (κ2) is 18.7. The summed E-state index contributed by atoms with van der Waals surface area (Å²) in [6.45, 7) is 2.82. The van der Waals surface area contributed by atoms with Gasteiger partial charge >= 0.3 is 49.4 Å². The molecule has 0 aromatic heterocycles. The van der Waals surface area contributed by atoms with Gasteiger partial charge in [0, 0.05) is 18.2 Å². The van der Waals surface area contributed by atoms with Crippen molar-refractivity contribution >= 4 is 32.9 Å². The zero-order chi connectivity index (χ0) is 41.7. The van der Waals surface area contributed by atoms with Crippen LogP contribution in [0.2, 0.25) is 0 Å². The standard InChI is InChI=1S/C12H12BrF13.C12H11F13.BrH/c13-3-1-2-6(9(15,16)17)4-7(10(18,19)20)5-8(14,11(21,22)23)12(24,25)26;1-2-3-6(9(14,15)16)4-7(10(17,18)19)5-8(13,11(20,21)22)12(23,24)25;/h6-7H,1-5H2;2,6-7H,1,3-5H2;1H. The van der Waals surface area contributed by atoms with E-state index in [9.17, 15) is 114 Å². The molecule has 0 aromatic carbocycles. The topological polar surface area (TPSA) is 0 Å². The molecule has 0 saturated heterocycles. The lowest BCUT2D eigenvalue weighted by Gasteiger charge is -2.35. The molecule has 316 valence electrons. The molecule has 0 aliphatic heterocycles.